The third kappa shape index (κ3) is 2.47. The molecule has 6 nitrogen and oxygen atoms in total. The van der Waals surface area contributed by atoms with Gasteiger partial charge < -0.3 is 10.8 Å². The zero-order chi connectivity index (χ0) is 13.3. The Morgan fingerprint density at radius 2 is 2.22 bits per heavy atom. The smallest absolute Gasteiger partial charge is 0.246 e. The van der Waals surface area contributed by atoms with Gasteiger partial charge in [-0.1, -0.05) is 0 Å². The van der Waals surface area contributed by atoms with Gasteiger partial charge in [-0.05, 0) is 30.9 Å². The first-order valence-corrected chi connectivity index (χ1v) is 7.20. The van der Waals surface area contributed by atoms with E-state index in [0.29, 0.717) is 19.4 Å². The molecular weight excluding hydrogens is 254 g/mol. The van der Waals surface area contributed by atoms with Crippen LogP contribution in [0.15, 0.2) is 23.2 Å². The van der Waals surface area contributed by atoms with Gasteiger partial charge in [-0.25, -0.2) is 17.7 Å². The van der Waals surface area contributed by atoms with Crippen molar-refractivity contribution in [3.05, 3.63) is 18.3 Å². The molecule has 1 aromatic rings. The molecule has 1 aliphatic carbocycles. The standard InChI is InChI=1S/C11H17N3O3S/c1-14(7-8-5-9(15)6-8)18(16,17)10-3-2-4-13-11(10)12/h2-4,8-9,15H,5-7H2,1H3,(H2,12,13). The van der Waals surface area contributed by atoms with Crippen LogP contribution in [0, 0.1) is 5.92 Å². The lowest BCUT2D eigenvalue weighted by Gasteiger charge is -2.34. The van der Waals surface area contributed by atoms with Gasteiger partial charge in [0.15, 0.2) is 0 Å². The number of pyridine rings is 1. The number of sulfonamides is 1. The zero-order valence-corrected chi connectivity index (χ0v) is 11.0. The fourth-order valence-corrected chi connectivity index (χ4v) is 3.41. The summed E-state index contributed by atoms with van der Waals surface area (Å²) in [7, 11) is -2.07. The van der Waals surface area contributed by atoms with Crippen LogP contribution in [0.1, 0.15) is 12.8 Å². The number of nitrogens with two attached hydrogens (primary N) is 1. The number of hydrogen-bond acceptors (Lipinski definition) is 5. The number of rotatable bonds is 4. The second-order valence-corrected chi connectivity index (χ2v) is 6.68. The molecule has 18 heavy (non-hydrogen) atoms. The van der Waals surface area contributed by atoms with Gasteiger partial charge in [0.05, 0.1) is 6.10 Å². The molecule has 1 heterocycles. The summed E-state index contributed by atoms with van der Waals surface area (Å²) in [6.07, 6.45) is 2.48. The van der Waals surface area contributed by atoms with E-state index in [4.69, 9.17) is 5.73 Å². The summed E-state index contributed by atoms with van der Waals surface area (Å²) < 4.78 is 25.8. The molecule has 0 atom stereocenters. The minimum absolute atomic E-state index is 0.0120. The number of aromatic nitrogens is 1. The molecule has 7 heteroatoms. The highest BCUT2D eigenvalue weighted by Crippen LogP contribution is 2.29. The van der Waals surface area contributed by atoms with Gasteiger partial charge in [0.2, 0.25) is 10.0 Å². The Hall–Kier alpha value is -1.18. The topological polar surface area (TPSA) is 96.5 Å². The molecule has 1 aliphatic rings. The third-order valence-corrected chi connectivity index (χ3v) is 5.08. The highest BCUT2D eigenvalue weighted by Gasteiger charge is 2.32. The summed E-state index contributed by atoms with van der Waals surface area (Å²) in [6, 6.07) is 2.99. The highest BCUT2D eigenvalue weighted by molar-refractivity contribution is 7.89. The number of aliphatic hydroxyl groups is 1. The number of nitrogen functional groups attached to an aromatic ring is 1. The molecule has 0 amide bonds. The molecule has 1 aromatic heterocycles. The molecule has 0 aliphatic heterocycles. The molecule has 0 radical (unpaired) electrons. The van der Waals surface area contributed by atoms with E-state index in [2.05, 4.69) is 4.98 Å². The average Bonchev–Trinajstić information content (AvgIpc) is 2.27. The molecule has 0 unspecified atom stereocenters. The van der Waals surface area contributed by atoms with Crippen LogP contribution >= 0.6 is 0 Å². The SMILES string of the molecule is CN(CC1CC(O)C1)S(=O)(=O)c1cccnc1N. The second kappa shape index (κ2) is 4.83. The predicted octanol–water partition coefficient (Wildman–Crippen LogP) is 0.0552. The Balaban J connectivity index is 2.13. The van der Waals surface area contributed by atoms with Crippen molar-refractivity contribution in [2.75, 3.05) is 19.3 Å². The summed E-state index contributed by atoms with van der Waals surface area (Å²) in [5.74, 6) is 0.232. The van der Waals surface area contributed by atoms with Gasteiger partial charge >= 0.3 is 0 Å². The summed E-state index contributed by atoms with van der Waals surface area (Å²) in [4.78, 5) is 3.82. The molecule has 0 aromatic carbocycles. The van der Waals surface area contributed by atoms with Crippen LogP contribution in [0.3, 0.4) is 0 Å². The van der Waals surface area contributed by atoms with E-state index < -0.39 is 10.0 Å². The Kier molecular flexibility index (Phi) is 3.56. The van der Waals surface area contributed by atoms with Crippen molar-refractivity contribution in [2.45, 2.75) is 23.8 Å². The van der Waals surface area contributed by atoms with E-state index in [0.717, 1.165) is 0 Å². The second-order valence-electron chi connectivity index (χ2n) is 4.66. The summed E-state index contributed by atoms with van der Waals surface area (Å²) in [5.41, 5.74) is 5.59. The maximum Gasteiger partial charge on any atom is 0.246 e. The normalized spacial score (nSPS) is 23.9. The first-order chi connectivity index (χ1) is 8.41. The quantitative estimate of drug-likeness (QED) is 0.807. The van der Waals surface area contributed by atoms with Gasteiger partial charge in [-0.2, -0.15) is 0 Å². The lowest BCUT2D eigenvalue weighted by molar-refractivity contribution is 0.0367. The van der Waals surface area contributed by atoms with Crippen LogP contribution < -0.4 is 5.73 Å². The van der Waals surface area contributed by atoms with Gasteiger partial charge in [0.1, 0.15) is 10.7 Å². The number of anilines is 1. The van der Waals surface area contributed by atoms with Crippen LogP contribution in [0.2, 0.25) is 0 Å². The van der Waals surface area contributed by atoms with E-state index in [1.165, 1.54) is 23.6 Å². The van der Waals surface area contributed by atoms with Crippen molar-refractivity contribution in [2.24, 2.45) is 5.92 Å². The molecule has 1 fully saturated rings. The monoisotopic (exact) mass is 271 g/mol. The lowest BCUT2D eigenvalue weighted by atomic mass is 9.82. The number of hydrogen-bond donors (Lipinski definition) is 2. The van der Waals surface area contributed by atoms with Crippen LogP contribution in [0.4, 0.5) is 5.82 Å². The maximum absolute atomic E-state index is 12.3. The molecule has 2 rings (SSSR count). The minimum atomic E-state index is -3.59. The van der Waals surface area contributed by atoms with Crippen LogP contribution in [-0.4, -0.2) is 42.5 Å². The number of nitrogens with zero attached hydrogens (tertiary/aromatic N) is 2. The van der Waals surface area contributed by atoms with E-state index in [-0.39, 0.29) is 22.7 Å². The maximum atomic E-state index is 12.3. The van der Waals surface area contributed by atoms with Gasteiger partial charge in [-0.3, -0.25) is 0 Å². The molecule has 1 saturated carbocycles. The van der Waals surface area contributed by atoms with Gasteiger partial charge in [-0.15, -0.1) is 0 Å². The first kappa shape index (κ1) is 13.3. The average molecular weight is 271 g/mol. The van der Waals surface area contributed by atoms with Crippen LogP contribution in [0.25, 0.3) is 0 Å². The predicted molar refractivity (Wildman–Crippen MR) is 67.2 cm³/mol. The molecule has 3 N–H and O–H groups in total. The third-order valence-electron chi connectivity index (χ3n) is 3.21. The highest BCUT2D eigenvalue weighted by atomic mass is 32.2. The zero-order valence-electron chi connectivity index (χ0n) is 10.2. The van der Waals surface area contributed by atoms with Crippen molar-refractivity contribution in [1.29, 1.82) is 0 Å². The van der Waals surface area contributed by atoms with Crippen molar-refractivity contribution in [1.82, 2.24) is 9.29 Å². The van der Waals surface area contributed by atoms with Crippen molar-refractivity contribution >= 4 is 15.8 Å². The Labute approximate surface area is 106 Å². The van der Waals surface area contributed by atoms with Crippen molar-refractivity contribution in [3.63, 3.8) is 0 Å². The Morgan fingerprint density at radius 3 is 2.78 bits per heavy atom. The summed E-state index contributed by atoms with van der Waals surface area (Å²) >= 11 is 0. The van der Waals surface area contributed by atoms with Crippen molar-refractivity contribution < 1.29 is 13.5 Å². The molecular formula is C11H17N3O3S. The molecule has 0 bridgehead atoms. The number of aliphatic hydroxyl groups excluding tert-OH is 1. The Bertz CT molecular complexity index is 526. The van der Waals surface area contributed by atoms with E-state index >= 15 is 0 Å². The molecule has 100 valence electrons. The van der Waals surface area contributed by atoms with E-state index in [1.54, 1.807) is 6.07 Å². The Morgan fingerprint density at radius 1 is 1.56 bits per heavy atom. The summed E-state index contributed by atoms with van der Waals surface area (Å²) in [5, 5.41) is 9.20. The van der Waals surface area contributed by atoms with E-state index in [9.17, 15) is 13.5 Å². The summed E-state index contributed by atoms with van der Waals surface area (Å²) in [6.45, 7) is 0.397. The largest absolute Gasteiger partial charge is 0.393 e. The van der Waals surface area contributed by atoms with Crippen LogP contribution in [-0.2, 0) is 10.0 Å². The van der Waals surface area contributed by atoms with Gasteiger partial charge in [0.25, 0.3) is 0 Å². The first-order valence-electron chi connectivity index (χ1n) is 5.76. The van der Waals surface area contributed by atoms with Gasteiger partial charge in [0, 0.05) is 19.8 Å². The minimum Gasteiger partial charge on any atom is -0.393 e. The fourth-order valence-electron chi connectivity index (χ4n) is 2.10. The van der Waals surface area contributed by atoms with Crippen LogP contribution in [0.5, 0.6) is 0 Å². The van der Waals surface area contributed by atoms with Crippen molar-refractivity contribution in [3.8, 4) is 0 Å². The lowest BCUT2D eigenvalue weighted by Crippen LogP contribution is -2.39. The van der Waals surface area contributed by atoms with E-state index in [1.807, 2.05) is 0 Å². The fraction of sp³-hybridized carbons (Fsp3) is 0.545. The molecule has 0 spiro atoms. The molecule has 0 saturated heterocycles.